The van der Waals surface area contributed by atoms with Crippen molar-refractivity contribution in [1.29, 1.82) is 0 Å². The highest BCUT2D eigenvalue weighted by atomic mass is 32.2. The zero-order chi connectivity index (χ0) is 10.0. The van der Waals surface area contributed by atoms with E-state index in [1.807, 2.05) is 6.07 Å². The maximum absolute atomic E-state index is 11.7. The molecule has 1 saturated heterocycles. The minimum Gasteiger partial charge on any atom is -0.373 e. The maximum Gasteiger partial charge on any atom is 0.178 e. The lowest BCUT2D eigenvalue weighted by molar-refractivity contribution is 0.403. The summed E-state index contributed by atoms with van der Waals surface area (Å²) < 4.78 is 28.4. The molecule has 76 valence electrons. The highest BCUT2D eigenvalue weighted by molar-refractivity contribution is 7.91. The fourth-order valence-electron chi connectivity index (χ4n) is 1.27. The van der Waals surface area contributed by atoms with E-state index in [0.717, 1.165) is 0 Å². The standard InChI is InChI=1S/C10H12O3S/c11-14(12,7-6-9-8-13-9)10-4-2-1-3-5-10/h1-5,9H,6-8H2. The normalized spacial score (nSPS) is 20.7. The van der Waals surface area contributed by atoms with E-state index in [1.165, 1.54) is 0 Å². The van der Waals surface area contributed by atoms with Crippen LogP contribution in [0.4, 0.5) is 0 Å². The summed E-state index contributed by atoms with van der Waals surface area (Å²) in [6, 6.07) is 8.54. The van der Waals surface area contributed by atoms with Crippen molar-refractivity contribution in [2.45, 2.75) is 17.4 Å². The molecule has 1 fully saturated rings. The highest BCUT2D eigenvalue weighted by Crippen LogP contribution is 2.18. The van der Waals surface area contributed by atoms with Crippen LogP contribution in [0.5, 0.6) is 0 Å². The Morgan fingerprint density at radius 1 is 1.29 bits per heavy atom. The molecule has 0 radical (unpaired) electrons. The van der Waals surface area contributed by atoms with E-state index < -0.39 is 9.84 Å². The molecule has 0 aliphatic carbocycles. The van der Waals surface area contributed by atoms with Gasteiger partial charge in [-0.25, -0.2) is 8.42 Å². The molecule has 1 unspecified atom stereocenters. The number of sulfone groups is 1. The van der Waals surface area contributed by atoms with Gasteiger partial charge in [0.1, 0.15) is 0 Å². The van der Waals surface area contributed by atoms with Crippen LogP contribution >= 0.6 is 0 Å². The molecule has 14 heavy (non-hydrogen) atoms. The van der Waals surface area contributed by atoms with E-state index >= 15 is 0 Å². The zero-order valence-corrected chi connectivity index (χ0v) is 8.53. The molecule has 0 spiro atoms. The molecule has 1 aliphatic heterocycles. The predicted octanol–water partition coefficient (Wildman–Crippen LogP) is 1.25. The second kappa shape index (κ2) is 3.71. The summed E-state index contributed by atoms with van der Waals surface area (Å²) in [6.45, 7) is 0.713. The third-order valence-corrected chi connectivity index (χ3v) is 3.98. The second-order valence-corrected chi connectivity index (χ2v) is 5.49. The Hall–Kier alpha value is -0.870. The van der Waals surface area contributed by atoms with Gasteiger partial charge in [0.25, 0.3) is 0 Å². The molecule has 0 amide bonds. The first-order chi connectivity index (χ1) is 6.68. The second-order valence-electron chi connectivity index (χ2n) is 3.38. The molecular weight excluding hydrogens is 200 g/mol. The number of epoxide rings is 1. The predicted molar refractivity (Wildman–Crippen MR) is 52.9 cm³/mol. The molecule has 0 N–H and O–H groups in total. The van der Waals surface area contributed by atoms with Crippen LogP contribution in [0.1, 0.15) is 6.42 Å². The van der Waals surface area contributed by atoms with E-state index in [2.05, 4.69) is 0 Å². The van der Waals surface area contributed by atoms with Crippen LogP contribution in [0.25, 0.3) is 0 Å². The van der Waals surface area contributed by atoms with Gasteiger partial charge >= 0.3 is 0 Å². The van der Waals surface area contributed by atoms with Gasteiger partial charge in [0.2, 0.25) is 0 Å². The smallest absolute Gasteiger partial charge is 0.178 e. The molecule has 0 bridgehead atoms. The molecule has 0 saturated carbocycles. The first-order valence-corrected chi connectivity index (χ1v) is 6.23. The molecule has 4 heteroatoms. The Morgan fingerprint density at radius 3 is 2.50 bits per heavy atom. The minimum absolute atomic E-state index is 0.175. The summed E-state index contributed by atoms with van der Waals surface area (Å²) in [4.78, 5) is 0.403. The fourth-order valence-corrected chi connectivity index (χ4v) is 2.65. The largest absolute Gasteiger partial charge is 0.373 e. The number of benzene rings is 1. The maximum atomic E-state index is 11.7. The van der Waals surface area contributed by atoms with Gasteiger partial charge < -0.3 is 4.74 Å². The van der Waals surface area contributed by atoms with Crippen molar-refractivity contribution in [3.05, 3.63) is 30.3 Å². The first kappa shape index (κ1) is 9.68. The van der Waals surface area contributed by atoms with Crippen LogP contribution in [0, 0.1) is 0 Å². The molecule has 1 aromatic rings. The third kappa shape index (κ3) is 2.33. The SMILES string of the molecule is O=S(=O)(CCC1CO1)c1ccccc1. The van der Waals surface area contributed by atoms with E-state index in [1.54, 1.807) is 24.3 Å². The van der Waals surface area contributed by atoms with E-state index in [4.69, 9.17) is 4.74 Å². The Kier molecular flexibility index (Phi) is 2.56. The van der Waals surface area contributed by atoms with Gasteiger partial charge in [0, 0.05) is 0 Å². The van der Waals surface area contributed by atoms with Crippen molar-refractivity contribution >= 4 is 9.84 Å². The van der Waals surface area contributed by atoms with Gasteiger partial charge in [0.15, 0.2) is 9.84 Å². The van der Waals surface area contributed by atoms with Crippen molar-refractivity contribution in [3.8, 4) is 0 Å². The molecule has 0 aromatic heterocycles. The summed E-state index contributed by atoms with van der Waals surface area (Å²) >= 11 is 0. The van der Waals surface area contributed by atoms with Crippen molar-refractivity contribution in [1.82, 2.24) is 0 Å². The average Bonchev–Trinajstić information content (AvgIpc) is 3.00. The lowest BCUT2D eigenvalue weighted by atomic mass is 10.4. The van der Waals surface area contributed by atoms with E-state index in [-0.39, 0.29) is 11.9 Å². The quantitative estimate of drug-likeness (QED) is 0.706. The molecule has 1 atom stereocenters. The Morgan fingerprint density at radius 2 is 1.93 bits per heavy atom. The Bertz CT molecular complexity index is 393. The van der Waals surface area contributed by atoms with Crippen LogP contribution in [0.2, 0.25) is 0 Å². The van der Waals surface area contributed by atoms with Gasteiger partial charge in [-0.05, 0) is 18.6 Å². The van der Waals surface area contributed by atoms with Crippen LogP contribution in [0.3, 0.4) is 0 Å². The van der Waals surface area contributed by atoms with Gasteiger partial charge in [0.05, 0.1) is 23.4 Å². The molecule has 2 rings (SSSR count). The lowest BCUT2D eigenvalue weighted by Gasteiger charge is -2.01. The van der Waals surface area contributed by atoms with Crippen molar-refractivity contribution in [2.75, 3.05) is 12.4 Å². The molecule has 1 aromatic carbocycles. The summed E-state index contributed by atoms with van der Waals surface area (Å²) in [5, 5.41) is 0. The van der Waals surface area contributed by atoms with Crippen molar-refractivity contribution in [3.63, 3.8) is 0 Å². The Labute approximate surface area is 83.6 Å². The number of hydrogen-bond donors (Lipinski definition) is 0. The zero-order valence-electron chi connectivity index (χ0n) is 7.72. The summed E-state index contributed by atoms with van der Waals surface area (Å²) in [5.41, 5.74) is 0. The number of rotatable bonds is 4. The molecule has 3 nitrogen and oxygen atoms in total. The van der Waals surface area contributed by atoms with Crippen LogP contribution in [-0.2, 0) is 14.6 Å². The van der Waals surface area contributed by atoms with Crippen LogP contribution < -0.4 is 0 Å². The Balaban J connectivity index is 2.07. The van der Waals surface area contributed by atoms with Crippen LogP contribution in [0.15, 0.2) is 35.2 Å². The monoisotopic (exact) mass is 212 g/mol. The summed E-state index contributed by atoms with van der Waals surface area (Å²) in [6.07, 6.45) is 0.783. The molecule has 1 heterocycles. The fraction of sp³-hybridized carbons (Fsp3) is 0.400. The van der Waals surface area contributed by atoms with Crippen molar-refractivity contribution < 1.29 is 13.2 Å². The lowest BCUT2D eigenvalue weighted by Crippen LogP contribution is -2.08. The molecule has 1 aliphatic rings. The summed E-state index contributed by atoms with van der Waals surface area (Å²) in [7, 11) is -3.10. The first-order valence-electron chi connectivity index (χ1n) is 4.58. The highest BCUT2D eigenvalue weighted by Gasteiger charge is 2.25. The van der Waals surface area contributed by atoms with Crippen LogP contribution in [-0.4, -0.2) is 26.9 Å². The topological polar surface area (TPSA) is 46.7 Å². The van der Waals surface area contributed by atoms with Gasteiger partial charge in [-0.1, -0.05) is 18.2 Å². The molecular formula is C10H12O3S. The van der Waals surface area contributed by atoms with E-state index in [9.17, 15) is 8.42 Å². The van der Waals surface area contributed by atoms with Gasteiger partial charge in [-0.15, -0.1) is 0 Å². The average molecular weight is 212 g/mol. The third-order valence-electron chi connectivity index (χ3n) is 2.21. The van der Waals surface area contributed by atoms with E-state index in [0.29, 0.717) is 17.9 Å². The van der Waals surface area contributed by atoms with Crippen molar-refractivity contribution in [2.24, 2.45) is 0 Å². The number of ether oxygens (including phenoxy) is 1. The minimum atomic E-state index is -3.10. The van der Waals surface area contributed by atoms with Gasteiger partial charge in [-0.2, -0.15) is 0 Å². The number of hydrogen-bond acceptors (Lipinski definition) is 3. The van der Waals surface area contributed by atoms with Gasteiger partial charge in [-0.3, -0.25) is 0 Å². The summed E-state index contributed by atoms with van der Waals surface area (Å²) in [5.74, 6) is 0.182.